The molecule has 1 amide bonds. The number of rotatable bonds is 4. The van der Waals surface area contributed by atoms with Crippen LogP contribution in [0.15, 0.2) is 30.5 Å². The first kappa shape index (κ1) is 15.4. The van der Waals surface area contributed by atoms with Crippen molar-refractivity contribution >= 4 is 17.2 Å². The minimum absolute atomic E-state index is 0.143. The highest BCUT2D eigenvalue weighted by Gasteiger charge is 2.19. The second kappa shape index (κ2) is 6.29. The number of carbonyl (C=O) groups is 1. The van der Waals surface area contributed by atoms with E-state index in [1.165, 1.54) is 11.8 Å². The van der Waals surface area contributed by atoms with E-state index in [2.05, 4.69) is 56.9 Å². The standard InChI is InChI=1S/C16H17N5OS/c1-9-4-6-12(7-5-9)16-19-11(3)14(23-16)10(2)18-15(22)13-8-17-21-20-13/h4-8,10H,1-3H3,(H,18,22)(H,17,20,21)/t10-/m0/s1. The van der Waals surface area contributed by atoms with Crippen molar-refractivity contribution in [2.75, 3.05) is 0 Å². The van der Waals surface area contributed by atoms with Crippen molar-refractivity contribution in [3.05, 3.63) is 52.3 Å². The molecule has 2 heterocycles. The monoisotopic (exact) mass is 327 g/mol. The van der Waals surface area contributed by atoms with Crippen LogP contribution in [0, 0.1) is 13.8 Å². The highest BCUT2D eigenvalue weighted by molar-refractivity contribution is 7.15. The van der Waals surface area contributed by atoms with Gasteiger partial charge in [-0.15, -0.1) is 11.3 Å². The minimum atomic E-state index is -0.254. The lowest BCUT2D eigenvalue weighted by molar-refractivity contribution is 0.0935. The molecule has 3 aromatic rings. The van der Waals surface area contributed by atoms with Gasteiger partial charge in [0.05, 0.1) is 22.8 Å². The molecule has 1 aromatic carbocycles. The van der Waals surface area contributed by atoms with E-state index in [1.54, 1.807) is 11.3 Å². The number of carbonyl (C=O) groups excluding carboxylic acids is 1. The molecule has 118 valence electrons. The molecule has 0 bridgehead atoms. The van der Waals surface area contributed by atoms with Gasteiger partial charge in [0.15, 0.2) is 5.69 Å². The fourth-order valence-electron chi connectivity index (χ4n) is 2.28. The molecule has 0 saturated heterocycles. The van der Waals surface area contributed by atoms with Gasteiger partial charge in [0.2, 0.25) is 0 Å². The van der Waals surface area contributed by atoms with Crippen LogP contribution in [0.1, 0.15) is 39.6 Å². The van der Waals surface area contributed by atoms with E-state index in [4.69, 9.17) is 0 Å². The minimum Gasteiger partial charge on any atom is -0.343 e. The lowest BCUT2D eigenvalue weighted by Gasteiger charge is -2.11. The number of amides is 1. The predicted molar refractivity (Wildman–Crippen MR) is 89.3 cm³/mol. The van der Waals surface area contributed by atoms with Crippen molar-refractivity contribution in [1.82, 2.24) is 25.7 Å². The van der Waals surface area contributed by atoms with Crippen molar-refractivity contribution in [2.24, 2.45) is 0 Å². The molecule has 2 N–H and O–H groups in total. The largest absolute Gasteiger partial charge is 0.343 e. The van der Waals surface area contributed by atoms with Gasteiger partial charge in [0.25, 0.3) is 5.91 Å². The molecule has 0 aliphatic heterocycles. The van der Waals surface area contributed by atoms with E-state index < -0.39 is 0 Å². The Labute approximate surface area is 138 Å². The van der Waals surface area contributed by atoms with Gasteiger partial charge in [-0.3, -0.25) is 4.79 Å². The van der Waals surface area contributed by atoms with E-state index >= 15 is 0 Å². The number of thiazole rings is 1. The Morgan fingerprint density at radius 1 is 1.26 bits per heavy atom. The molecule has 6 nitrogen and oxygen atoms in total. The van der Waals surface area contributed by atoms with E-state index in [0.29, 0.717) is 0 Å². The molecule has 0 radical (unpaired) electrons. The van der Waals surface area contributed by atoms with Gasteiger partial charge in [-0.05, 0) is 20.8 Å². The number of H-pyrrole nitrogens is 1. The molecule has 1 atom stereocenters. The van der Waals surface area contributed by atoms with Crippen LogP contribution < -0.4 is 5.32 Å². The Hall–Kier alpha value is -2.54. The number of nitrogens with one attached hydrogen (secondary N) is 2. The molecule has 3 rings (SSSR count). The summed E-state index contributed by atoms with van der Waals surface area (Å²) in [6.45, 7) is 5.96. The second-order valence-electron chi connectivity index (χ2n) is 5.39. The average Bonchev–Trinajstić information content (AvgIpc) is 3.17. The van der Waals surface area contributed by atoms with Crippen LogP contribution in [0.2, 0.25) is 0 Å². The van der Waals surface area contributed by atoms with Gasteiger partial charge < -0.3 is 5.32 Å². The third kappa shape index (κ3) is 3.29. The summed E-state index contributed by atoms with van der Waals surface area (Å²) >= 11 is 1.60. The van der Waals surface area contributed by atoms with Crippen molar-refractivity contribution in [3.63, 3.8) is 0 Å². The number of hydrogen-bond acceptors (Lipinski definition) is 5. The number of aryl methyl sites for hydroxylation is 2. The fourth-order valence-corrected chi connectivity index (χ4v) is 3.35. The molecule has 7 heteroatoms. The normalized spacial score (nSPS) is 12.1. The third-order valence-corrected chi connectivity index (χ3v) is 4.91. The first-order chi connectivity index (χ1) is 11.0. The summed E-state index contributed by atoms with van der Waals surface area (Å²) in [5, 5.41) is 13.7. The number of benzene rings is 1. The quantitative estimate of drug-likeness (QED) is 0.771. The van der Waals surface area contributed by atoms with E-state index in [1.807, 2.05) is 13.8 Å². The van der Waals surface area contributed by atoms with Gasteiger partial charge >= 0.3 is 0 Å². The highest BCUT2D eigenvalue weighted by Crippen LogP contribution is 2.31. The maximum atomic E-state index is 12.1. The molecule has 0 fully saturated rings. The maximum absolute atomic E-state index is 12.1. The summed E-state index contributed by atoms with van der Waals surface area (Å²) in [7, 11) is 0. The summed E-state index contributed by atoms with van der Waals surface area (Å²) in [6.07, 6.45) is 1.40. The number of aromatic amines is 1. The molecular weight excluding hydrogens is 310 g/mol. The van der Waals surface area contributed by atoms with Crippen molar-refractivity contribution in [3.8, 4) is 10.6 Å². The Kier molecular flexibility index (Phi) is 4.20. The van der Waals surface area contributed by atoms with E-state index in [-0.39, 0.29) is 17.6 Å². The Morgan fingerprint density at radius 3 is 2.65 bits per heavy atom. The summed E-state index contributed by atoms with van der Waals surface area (Å²) in [4.78, 5) is 17.7. The van der Waals surface area contributed by atoms with Gasteiger partial charge in [-0.2, -0.15) is 15.4 Å². The van der Waals surface area contributed by atoms with E-state index in [9.17, 15) is 4.79 Å². The molecule has 0 spiro atoms. The van der Waals surface area contributed by atoms with Crippen molar-refractivity contribution in [1.29, 1.82) is 0 Å². The topological polar surface area (TPSA) is 83.6 Å². The lowest BCUT2D eigenvalue weighted by Crippen LogP contribution is -2.26. The lowest BCUT2D eigenvalue weighted by atomic mass is 10.2. The van der Waals surface area contributed by atoms with Crippen LogP contribution in [-0.4, -0.2) is 26.3 Å². The van der Waals surface area contributed by atoms with Crippen LogP contribution in [0.4, 0.5) is 0 Å². The molecule has 2 aromatic heterocycles. The first-order valence-corrected chi connectivity index (χ1v) is 8.07. The van der Waals surface area contributed by atoms with Gasteiger partial charge in [-0.1, -0.05) is 29.8 Å². The molecule has 23 heavy (non-hydrogen) atoms. The van der Waals surface area contributed by atoms with Crippen molar-refractivity contribution < 1.29 is 4.79 Å². The molecular formula is C16H17N5OS. The predicted octanol–water partition coefficient (Wildman–Crippen LogP) is 3.04. The first-order valence-electron chi connectivity index (χ1n) is 7.25. The highest BCUT2D eigenvalue weighted by atomic mass is 32.1. The summed E-state index contributed by atoms with van der Waals surface area (Å²) in [5.74, 6) is -0.254. The second-order valence-corrected chi connectivity index (χ2v) is 6.42. The molecule has 0 unspecified atom stereocenters. The number of aromatic nitrogens is 4. The van der Waals surface area contributed by atoms with Gasteiger partial charge in [0, 0.05) is 5.56 Å². The Morgan fingerprint density at radius 2 is 2.00 bits per heavy atom. The van der Waals surface area contributed by atoms with Crippen LogP contribution in [0.25, 0.3) is 10.6 Å². The smallest absolute Gasteiger partial charge is 0.273 e. The number of hydrogen-bond donors (Lipinski definition) is 2. The summed E-state index contributed by atoms with van der Waals surface area (Å²) in [6, 6.07) is 8.13. The Balaban J connectivity index is 1.80. The zero-order valence-electron chi connectivity index (χ0n) is 13.1. The fraction of sp³-hybridized carbons (Fsp3) is 0.250. The van der Waals surface area contributed by atoms with Crippen LogP contribution in [0.3, 0.4) is 0 Å². The maximum Gasteiger partial charge on any atom is 0.273 e. The van der Waals surface area contributed by atoms with Gasteiger partial charge in [0.1, 0.15) is 5.01 Å². The zero-order valence-corrected chi connectivity index (χ0v) is 13.9. The van der Waals surface area contributed by atoms with Crippen LogP contribution in [0.5, 0.6) is 0 Å². The van der Waals surface area contributed by atoms with Crippen LogP contribution >= 0.6 is 11.3 Å². The molecule has 0 aliphatic rings. The molecule has 0 aliphatic carbocycles. The third-order valence-electron chi connectivity index (χ3n) is 3.52. The average molecular weight is 327 g/mol. The number of nitrogens with zero attached hydrogens (tertiary/aromatic N) is 3. The van der Waals surface area contributed by atoms with Gasteiger partial charge in [-0.25, -0.2) is 4.98 Å². The molecule has 0 saturated carbocycles. The summed E-state index contributed by atoms with van der Waals surface area (Å²) in [5.41, 5.74) is 3.51. The van der Waals surface area contributed by atoms with Crippen molar-refractivity contribution in [2.45, 2.75) is 26.8 Å². The summed E-state index contributed by atoms with van der Waals surface area (Å²) < 4.78 is 0. The SMILES string of the molecule is Cc1ccc(-c2nc(C)c([C@H](C)NC(=O)c3cn[nH]n3)s2)cc1. The van der Waals surface area contributed by atoms with Crippen LogP contribution in [-0.2, 0) is 0 Å². The van der Waals surface area contributed by atoms with E-state index in [0.717, 1.165) is 21.1 Å². The zero-order chi connectivity index (χ0) is 16.4. The Bertz CT molecular complexity index is 808.